The normalized spacial score (nSPS) is 15.3. The van der Waals surface area contributed by atoms with Gasteiger partial charge in [0.05, 0.1) is 11.1 Å². The van der Waals surface area contributed by atoms with E-state index >= 15 is 0 Å². The summed E-state index contributed by atoms with van der Waals surface area (Å²) in [6, 6.07) is 5.25. The van der Waals surface area contributed by atoms with E-state index in [-0.39, 0.29) is 12.5 Å². The largest absolute Gasteiger partial charge is 0.481 e. The summed E-state index contributed by atoms with van der Waals surface area (Å²) in [6.45, 7) is 2.05. The van der Waals surface area contributed by atoms with E-state index in [0.717, 1.165) is 11.3 Å². The van der Waals surface area contributed by atoms with Crippen LogP contribution >= 0.6 is 0 Å². The average Bonchev–Trinajstić information content (AvgIpc) is 3.11. The first-order chi connectivity index (χ1) is 10.5. The van der Waals surface area contributed by atoms with Crippen molar-refractivity contribution in [1.29, 1.82) is 0 Å². The first-order valence-electron chi connectivity index (χ1n) is 6.99. The highest BCUT2D eigenvalue weighted by Crippen LogP contribution is 2.45. The Hall–Kier alpha value is -2.70. The van der Waals surface area contributed by atoms with Crippen LogP contribution in [-0.2, 0) is 4.79 Å². The topological polar surface area (TPSA) is 97.1 Å². The molecule has 1 saturated carbocycles. The molecule has 0 bridgehead atoms. The van der Waals surface area contributed by atoms with Crippen LogP contribution in [0.15, 0.2) is 30.9 Å². The number of aliphatic carboxylic acids is 1. The van der Waals surface area contributed by atoms with E-state index in [2.05, 4.69) is 15.4 Å². The minimum absolute atomic E-state index is 0.172. The lowest BCUT2D eigenvalue weighted by Crippen LogP contribution is -2.34. The van der Waals surface area contributed by atoms with Gasteiger partial charge >= 0.3 is 5.97 Å². The van der Waals surface area contributed by atoms with Crippen LogP contribution in [-0.4, -0.2) is 38.3 Å². The van der Waals surface area contributed by atoms with Crippen molar-refractivity contribution in [2.24, 2.45) is 5.41 Å². The average molecular weight is 300 g/mol. The highest BCUT2D eigenvalue weighted by Gasteiger charge is 2.50. The number of carboxylic acids is 1. The number of rotatable bonds is 5. The molecular formula is C15H16N4O3. The van der Waals surface area contributed by atoms with Gasteiger partial charge in [-0.15, -0.1) is 0 Å². The Morgan fingerprint density at radius 1 is 1.41 bits per heavy atom. The lowest BCUT2D eigenvalue weighted by atomic mass is 10.1. The minimum Gasteiger partial charge on any atom is -0.481 e. The fourth-order valence-electron chi connectivity index (χ4n) is 2.36. The summed E-state index contributed by atoms with van der Waals surface area (Å²) in [5.74, 6) is -1.11. The molecule has 22 heavy (non-hydrogen) atoms. The Labute approximate surface area is 127 Å². The monoisotopic (exact) mass is 300 g/mol. The van der Waals surface area contributed by atoms with Crippen molar-refractivity contribution in [2.75, 3.05) is 6.54 Å². The van der Waals surface area contributed by atoms with E-state index in [1.165, 1.54) is 6.33 Å². The van der Waals surface area contributed by atoms with Crippen molar-refractivity contribution in [1.82, 2.24) is 20.1 Å². The van der Waals surface area contributed by atoms with Gasteiger partial charge in [0.25, 0.3) is 5.91 Å². The van der Waals surface area contributed by atoms with E-state index in [0.29, 0.717) is 18.4 Å². The lowest BCUT2D eigenvalue weighted by Gasteiger charge is -2.12. The number of nitrogens with one attached hydrogen (secondary N) is 1. The van der Waals surface area contributed by atoms with Crippen LogP contribution in [0, 0.1) is 12.3 Å². The molecule has 1 fully saturated rings. The summed E-state index contributed by atoms with van der Waals surface area (Å²) in [5, 5.41) is 15.9. The van der Waals surface area contributed by atoms with Crippen LogP contribution in [0.25, 0.3) is 5.69 Å². The molecule has 7 heteroatoms. The molecule has 7 nitrogen and oxygen atoms in total. The molecular weight excluding hydrogens is 284 g/mol. The number of amides is 1. The quantitative estimate of drug-likeness (QED) is 0.864. The number of hydrogen-bond acceptors (Lipinski definition) is 4. The molecule has 2 aromatic rings. The number of aromatic nitrogens is 3. The van der Waals surface area contributed by atoms with Gasteiger partial charge in [-0.25, -0.2) is 9.67 Å². The van der Waals surface area contributed by atoms with Crippen LogP contribution in [0.3, 0.4) is 0 Å². The minimum atomic E-state index is -0.842. The maximum absolute atomic E-state index is 12.2. The molecule has 0 unspecified atom stereocenters. The maximum Gasteiger partial charge on any atom is 0.311 e. The van der Waals surface area contributed by atoms with Gasteiger partial charge in [-0.05, 0) is 43.5 Å². The molecule has 1 aromatic heterocycles. The molecule has 1 aliphatic rings. The van der Waals surface area contributed by atoms with Crippen molar-refractivity contribution < 1.29 is 14.7 Å². The molecule has 1 aliphatic carbocycles. The molecule has 0 saturated heterocycles. The predicted molar refractivity (Wildman–Crippen MR) is 77.7 cm³/mol. The standard InChI is InChI=1S/C15H16N4O3/c1-10-6-11(2-3-12(10)19-9-16-8-18-19)13(20)17-7-15(4-5-15)14(21)22/h2-3,6,8-9H,4-5,7H2,1H3,(H,17,20)(H,21,22). The first kappa shape index (κ1) is 14.2. The number of carbonyl (C=O) groups excluding carboxylic acids is 1. The van der Waals surface area contributed by atoms with Gasteiger partial charge in [0.1, 0.15) is 12.7 Å². The van der Waals surface area contributed by atoms with Crippen molar-refractivity contribution in [3.63, 3.8) is 0 Å². The number of benzene rings is 1. The third kappa shape index (κ3) is 2.57. The highest BCUT2D eigenvalue weighted by molar-refractivity contribution is 5.95. The summed E-state index contributed by atoms with van der Waals surface area (Å²) in [4.78, 5) is 27.1. The van der Waals surface area contributed by atoms with Gasteiger partial charge in [0.15, 0.2) is 0 Å². The Kier molecular flexibility index (Phi) is 3.40. The zero-order valence-electron chi connectivity index (χ0n) is 12.1. The van der Waals surface area contributed by atoms with E-state index in [9.17, 15) is 9.59 Å². The van der Waals surface area contributed by atoms with Crippen molar-refractivity contribution in [3.05, 3.63) is 42.0 Å². The van der Waals surface area contributed by atoms with Crippen LogP contribution < -0.4 is 5.32 Å². The SMILES string of the molecule is Cc1cc(C(=O)NCC2(C(=O)O)CC2)ccc1-n1cncn1. The second-order valence-electron chi connectivity index (χ2n) is 5.61. The van der Waals surface area contributed by atoms with Gasteiger partial charge in [-0.2, -0.15) is 5.10 Å². The first-order valence-corrected chi connectivity index (χ1v) is 6.99. The van der Waals surface area contributed by atoms with Crippen LogP contribution in [0.1, 0.15) is 28.8 Å². The molecule has 0 spiro atoms. The summed E-state index contributed by atoms with van der Waals surface area (Å²) in [6.07, 6.45) is 4.27. The lowest BCUT2D eigenvalue weighted by molar-refractivity contribution is -0.143. The zero-order valence-corrected chi connectivity index (χ0v) is 12.1. The van der Waals surface area contributed by atoms with Gasteiger partial charge in [0, 0.05) is 12.1 Å². The van der Waals surface area contributed by atoms with E-state index in [1.54, 1.807) is 29.2 Å². The number of nitrogens with zero attached hydrogens (tertiary/aromatic N) is 3. The van der Waals surface area contributed by atoms with Gasteiger partial charge in [0.2, 0.25) is 0 Å². The third-order valence-corrected chi connectivity index (χ3v) is 4.02. The van der Waals surface area contributed by atoms with Gasteiger partial charge in [-0.1, -0.05) is 0 Å². The fourth-order valence-corrected chi connectivity index (χ4v) is 2.36. The van der Waals surface area contributed by atoms with Crippen molar-refractivity contribution in [3.8, 4) is 5.69 Å². The summed E-state index contributed by atoms with van der Waals surface area (Å²) < 4.78 is 1.63. The van der Waals surface area contributed by atoms with Crippen LogP contribution in [0.2, 0.25) is 0 Å². The van der Waals surface area contributed by atoms with Crippen LogP contribution in [0.5, 0.6) is 0 Å². The number of carbonyl (C=O) groups is 2. The van der Waals surface area contributed by atoms with E-state index in [4.69, 9.17) is 5.11 Å². The molecule has 3 rings (SSSR count). The zero-order chi connectivity index (χ0) is 15.7. The number of carboxylic acid groups (broad SMARTS) is 1. The molecule has 114 valence electrons. The number of aryl methyl sites for hydroxylation is 1. The Bertz CT molecular complexity index is 720. The summed E-state index contributed by atoms with van der Waals surface area (Å²) in [7, 11) is 0. The highest BCUT2D eigenvalue weighted by atomic mass is 16.4. The predicted octanol–water partition coefficient (Wildman–Crippen LogP) is 1.17. The molecule has 1 aromatic carbocycles. The third-order valence-electron chi connectivity index (χ3n) is 4.02. The molecule has 0 aliphatic heterocycles. The molecule has 1 heterocycles. The van der Waals surface area contributed by atoms with Gasteiger partial charge < -0.3 is 10.4 Å². The second kappa shape index (κ2) is 5.25. The van der Waals surface area contributed by atoms with E-state index < -0.39 is 11.4 Å². The molecule has 1 amide bonds. The Morgan fingerprint density at radius 2 is 2.18 bits per heavy atom. The molecule has 0 radical (unpaired) electrons. The van der Waals surface area contributed by atoms with Crippen molar-refractivity contribution >= 4 is 11.9 Å². The Morgan fingerprint density at radius 3 is 2.73 bits per heavy atom. The smallest absolute Gasteiger partial charge is 0.311 e. The molecule has 2 N–H and O–H groups in total. The maximum atomic E-state index is 12.2. The van der Waals surface area contributed by atoms with Gasteiger partial charge in [-0.3, -0.25) is 9.59 Å². The number of hydrogen-bond donors (Lipinski definition) is 2. The van der Waals surface area contributed by atoms with Crippen LogP contribution in [0.4, 0.5) is 0 Å². The van der Waals surface area contributed by atoms with Crippen molar-refractivity contribution in [2.45, 2.75) is 19.8 Å². The summed E-state index contributed by atoms with van der Waals surface area (Å²) >= 11 is 0. The fraction of sp³-hybridized carbons (Fsp3) is 0.333. The Balaban J connectivity index is 1.71. The van der Waals surface area contributed by atoms with E-state index in [1.807, 2.05) is 6.92 Å². The summed E-state index contributed by atoms with van der Waals surface area (Å²) in [5.41, 5.74) is 1.48. The second-order valence-corrected chi connectivity index (χ2v) is 5.61. The molecule has 0 atom stereocenters.